The summed E-state index contributed by atoms with van der Waals surface area (Å²) in [7, 11) is -3.20. The number of sulfone groups is 1. The highest BCUT2D eigenvalue weighted by molar-refractivity contribution is 7.90. The average Bonchev–Trinajstić information content (AvgIpc) is 2.66. The van der Waals surface area contributed by atoms with Crippen molar-refractivity contribution in [1.82, 2.24) is 0 Å². The van der Waals surface area contributed by atoms with Gasteiger partial charge in [-0.2, -0.15) is 10.2 Å². The summed E-state index contributed by atoms with van der Waals surface area (Å²) in [6, 6.07) is 14.0. The van der Waals surface area contributed by atoms with Crippen LogP contribution in [0, 0.1) is 0 Å². The lowest BCUT2D eigenvalue weighted by molar-refractivity contribution is 0.282. The van der Waals surface area contributed by atoms with Gasteiger partial charge >= 0.3 is 0 Å². The number of nitrogens with zero attached hydrogens (tertiary/aromatic N) is 2. The summed E-state index contributed by atoms with van der Waals surface area (Å²) in [4.78, 5) is 0.269. The van der Waals surface area contributed by atoms with E-state index in [1.54, 1.807) is 12.1 Å². The lowest BCUT2D eigenvalue weighted by Gasteiger charge is -2.06. The Labute approximate surface area is 161 Å². The van der Waals surface area contributed by atoms with Gasteiger partial charge in [0.1, 0.15) is 0 Å². The number of aliphatic hydroxyl groups is 1. The summed E-state index contributed by atoms with van der Waals surface area (Å²) < 4.78 is 22.9. The van der Waals surface area contributed by atoms with Crippen molar-refractivity contribution in [2.24, 2.45) is 10.2 Å². The van der Waals surface area contributed by atoms with Crippen molar-refractivity contribution >= 4 is 26.9 Å². The first-order valence-electron chi connectivity index (χ1n) is 9.16. The van der Waals surface area contributed by atoms with Crippen LogP contribution in [0.25, 0.3) is 0 Å². The van der Waals surface area contributed by atoms with E-state index in [2.05, 4.69) is 15.5 Å². The van der Waals surface area contributed by atoms with E-state index >= 15 is 0 Å². The largest absolute Gasteiger partial charge is 0.396 e. The first-order valence-corrected chi connectivity index (χ1v) is 11.0. The summed E-state index contributed by atoms with van der Waals surface area (Å²) in [5, 5.41) is 20.4. The Morgan fingerprint density at radius 3 is 1.89 bits per heavy atom. The quantitative estimate of drug-likeness (QED) is 0.424. The molecule has 0 fully saturated rings. The number of aliphatic hydroxyl groups excluding tert-OH is 1. The van der Waals surface area contributed by atoms with E-state index in [0.29, 0.717) is 5.69 Å². The van der Waals surface area contributed by atoms with Gasteiger partial charge < -0.3 is 10.4 Å². The minimum Gasteiger partial charge on any atom is -0.396 e. The number of azo groups is 1. The molecular formula is C20H27N3O3S. The molecule has 0 heterocycles. The number of hydrogen-bond donors (Lipinski definition) is 2. The highest BCUT2D eigenvalue weighted by atomic mass is 32.2. The average molecular weight is 390 g/mol. The fourth-order valence-electron chi connectivity index (χ4n) is 2.52. The van der Waals surface area contributed by atoms with E-state index in [1.165, 1.54) is 18.4 Å². The molecule has 7 heteroatoms. The predicted octanol–water partition coefficient (Wildman–Crippen LogP) is 4.86. The Balaban J connectivity index is 1.78. The van der Waals surface area contributed by atoms with Crippen LogP contribution in [0.4, 0.5) is 17.1 Å². The first-order chi connectivity index (χ1) is 13.0. The topological polar surface area (TPSA) is 91.1 Å². The first kappa shape index (κ1) is 21.1. The maximum atomic E-state index is 11.4. The van der Waals surface area contributed by atoms with Gasteiger partial charge in [-0.25, -0.2) is 8.42 Å². The molecule has 0 aromatic heterocycles. The fraction of sp³-hybridized carbons (Fsp3) is 0.400. The minimum absolute atomic E-state index is 0.269. The normalized spacial score (nSPS) is 11.8. The Hall–Kier alpha value is -2.25. The van der Waals surface area contributed by atoms with Crippen LogP contribution in [-0.2, 0) is 9.84 Å². The van der Waals surface area contributed by atoms with Crippen molar-refractivity contribution in [3.8, 4) is 0 Å². The summed E-state index contributed by atoms with van der Waals surface area (Å²) >= 11 is 0. The Morgan fingerprint density at radius 1 is 0.815 bits per heavy atom. The number of unbranched alkanes of at least 4 members (excludes halogenated alkanes) is 4. The number of anilines is 1. The van der Waals surface area contributed by atoms with Gasteiger partial charge in [-0.15, -0.1) is 0 Å². The Bertz CT molecular complexity index is 817. The van der Waals surface area contributed by atoms with Crippen molar-refractivity contribution in [2.75, 3.05) is 24.7 Å². The highest BCUT2D eigenvalue weighted by Gasteiger charge is 2.05. The molecule has 27 heavy (non-hydrogen) atoms. The van der Waals surface area contributed by atoms with Gasteiger partial charge in [-0.3, -0.25) is 0 Å². The van der Waals surface area contributed by atoms with Gasteiger partial charge in [0.05, 0.1) is 16.3 Å². The zero-order chi connectivity index (χ0) is 19.5. The molecule has 2 N–H and O–H groups in total. The predicted molar refractivity (Wildman–Crippen MR) is 109 cm³/mol. The second kappa shape index (κ2) is 10.8. The van der Waals surface area contributed by atoms with Gasteiger partial charge in [0.2, 0.25) is 0 Å². The molecule has 2 aromatic rings. The molecule has 0 unspecified atom stereocenters. The standard InChI is InChI=1S/C20H27N3O3S/c1-27(25,26)20-13-11-19(12-14-20)23-22-18-9-7-17(8-10-18)21-15-5-3-2-4-6-16-24/h7-14,21,24H,2-6,15-16H2,1H3. The van der Waals surface area contributed by atoms with Gasteiger partial charge in [0.15, 0.2) is 9.84 Å². The molecule has 0 bridgehead atoms. The molecule has 0 spiro atoms. The second-order valence-corrected chi connectivity index (χ2v) is 8.45. The van der Waals surface area contributed by atoms with Gasteiger partial charge in [-0.05, 0) is 61.4 Å². The molecular weight excluding hydrogens is 362 g/mol. The fourth-order valence-corrected chi connectivity index (χ4v) is 3.15. The van der Waals surface area contributed by atoms with Crippen molar-refractivity contribution in [3.63, 3.8) is 0 Å². The summed E-state index contributed by atoms with van der Waals surface area (Å²) in [6.07, 6.45) is 6.59. The number of rotatable bonds is 11. The van der Waals surface area contributed by atoms with Crippen LogP contribution in [0.5, 0.6) is 0 Å². The van der Waals surface area contributed by atoms with E-state index in [-0.39, 0.29) is 11.5 Å². The lowest BCUT2D eigenvalue weighted by Crippen LogP contribution is -2.00. The molecule has 6 nitrogen and oxygen atoms in total. The van der Waals surface area contributed by atoms with Crippen LogP contribution in [0.2, 0.25) is 0 Å². The molecule has 2 aromatic carbocycles. The molecule has 0 radical (unpaired) electrons. The van der Waals surface area contributed by atoms with Gasteiger partial charge in [0.25, 0.3) is 0 Å². The minimum atomic E-state index is -3.20. The molecule has 0 atom stereocenters. The third-order valence-electron chi connectivity index (χ3n) is 4.08. The van der Waals surface area contributed by atoms with Crippen molar-refractivity contribution < 1.29 is 13.5 Å². The molecule has 0 aliphatic heterocycles. The van der Waals surface area contributed by atoms with Gasteiger partial charge in [-0.1, -0.05) is 19.3 Å². The highest BCUT2D eigenvalue weighted by Crippen LogP contribution is 2.21. The van der Waals surface area contributed by atoms with E-state index in [9.17, 15) is 8.42 Å². The molecule has 0 saturated carbocycles. The van der Waals surface area contributed by atoms with E-state index in [4.69, 9.17) is 5.11 Å². The third-order valence-corrected chi connectivity index (χ3v) is 5.21. The van der Waals surface area contributed by atoms with Crippen molar-refractivity contribution in [3.05, 3.63) is 48.5 Å². The van der Waals surface area contributed by atoms with Crippen molar-refractivity contribution in [1.29, 1.82) is 0 Å². The molecule has 0 aliphatic carbocycles. The zero-order valence-corrected chi connectivity index (χ0v) is 16.5. The van der Waals surface area contributed by atoms with Crippen LogP contribution < -0.4 is 5.32 Å². The van der Waals surface area contributed by atoms with Crippen molar-refractivity contribution in [2.45, 2.75) is 37.0 Å². The molecule has 2 rings (SSSR count). The van der Waals surface area contributed by atoms with E-state index < -0.39 is 9.84 Å². The maximum absolute atomic E-state index is 11.4. The molecule has 0 aliphatic rings. The van der Waals surface area contributed by atoms with E-state index in [0.717, 1.165) is 50.0 Å². The van der Waals surface area contributed by atoms with Gasteiger partial charge in [0, 0.05) is 25.1 Å². The SMILES string of the molecule is CS(=O)(=O)c1ccc(N=Nc2ccc(NCCCCCCCO)cc2)cc1. The lowest BCUT2D eigenvalue weighted by atomic mass is 10.1. The monoisotopic (exact) mass is 389 g/mol. The molecule has 0 amide bonds. The number of nitrogens with one attached hydrogen (secondary N) is 1. The summed E-state index contributed by atoms with van der Waals surface area (Å²) in [5.41, 5.74) is 2.38. The summed E-state index contributed by atoms with van der Waals surface area (Å²) in [5.74, 6) is 0. The van der Waals surface area contributed by atoms with Crippen LogP contribution >= 0.6 is 0 Å². The van der Waals surface area contributed by atoms with Crippen LogP contribution in [-0.4, -0.2) is 32.9 Å². The molecule has 146 valence electrons. The summed E-state index contributed by atoms with van der Waals surface area (Å²) in [6.45, 7) is 1.21. The number of hydrogen-bond acceptors (Lipinski definition) is 6. The Kier molecular flexibility index (Phi) is 8.42. The maximum Gasteiger partial charge on any atom is 0.175 e. The Morgan fingerprint density at radius 2 is 1.33 bits per heavy atom. The van der Waals surface area contributed by atoms with Crippen LogP contribution in [0.15, 0.2) is 63.7 Å². The second-order valence-electron chi connectivity index (χ2n) is 6.43. The van der Waals surface area contributed by atoms with Crippen LogP contribution in [0.3, 0.4) is 0 Å². The van der Waals surface area contributed by atoms with Crippen LogP contribution in [0.1, 0.15) is 32.1 Å². The number of benzene rings is 2. The van der Waals surface area contributed by atoms with E-state index in [1.807, 2.05) is 24.3 Å². The molecule has 0 saturated heterocycles. The third kappa shape index (κ3) is 7.88. The smallest absolute Gasteiger partial charge is 0.175 e. The zero-order valence-electron chi connectivity index (χ0n) is 15.6.